The van der Waals surface area contributed by atoms with Crippen LogP contribution in [0, 0.1) is 0 Å². The second-order valence-electron chi connectivity index (χ2n) is 6.19. The second kappa shape index (κ2) is 8.46. The van der Waals surface area contributed by atoms with Crippen molar-refractivity contribution in [2.45, 2.75) is 25.8 Å². The van der Waals surface area contributed by atoms with Crippen LogP contribution in [0.1, 0.15) is 30.4 Å². The summed E-state index contributed by atoms with van der Waals surface area (Å²) in [6.07, 6.45) is 5.52. The average molecular weight is 373 g/mol. The number of benzene rings is 2. The number of nitrogens with one attached hydrogen (secondary N) is 1. The predicted octanol–water partition coefficient (Wildman–Crippen LogP) is 6.08. The molecule has 130 valence electrons. The second-order valence-corrected chi connectivity index (χ2v) is 7.03. The fourth-order valence-electron chi connectivity index (χ4n) is 3.03. The summed E-state index contributed by atoms with van der Waals surface area (Å²) in [5.74, 6) is 0. The molecule has 2 aromatic rings. The van der Waals surface area contributed by atoms with Crippen molar-refractivity contribution in [2.24, 2.45) is 0 Å². The molecule has 0 aliphatic carbocycles. The third-order valence-corrected chi connectivity index (χ3v) is 4.97. The minimum Gasteiger partial charge on any atom is -0.385 e. The zero-order valence-electron chi connectivity index (χ0n) is 14.1. The molecular weight excluding hydrogens is 351 g/mol. The maximum absolute atomic E-state index is 6.26. The Bertz CT molecular complexity index is 769. The van der Waals surface area contributed by atoms with Crippen molar-refractivity contribution in [2.75, 3.05) is 6.54 Å². The summed E-state index contributed by atoms with van der Waals surface area (Å²) in [6, 6.07) is 16.0. The lowest BCUT2D eigenvalue weighted by Crippen LogP contribution is -2.27. The predicted molar refractivity (Wildman–Crippen MR) is 107 cm³/mol. The summed E-state index contributed by atoms with van der Waals surface area (Å²) in [7, 11) is 0. The van der Waals surface area contributed by atoms with E-state index in [4.69, 9.17) is 23.2 Å². The van der Waals surface area contributed by atoms with Crippen LogP contribution in [-0.2, 0) is 6.54 Å². The molecular formula is C21H22Cl2N2. The van der Waals surface area contributed by atoms with Gasteiger partial charge in [-0.05, 0) is 42.5 Å². The smallest absolute Gasteiger partial charge is 0.0641 e. The Morgan fingerprint density at radius 1 is 1.12 bits per heavy atom. The number of hydrogen-bond acceptors (Lipinski definition) is 2. The van der Waals surface area contributed by atoms with Crippen molar-refractivity contribution in [1.82, 2.24) is 10.2 Å². The van der Waals surface area contributed by atoms with Gasteiger partial charge in [-0.15, -0.1) is 0 Å². The normalized spacial score (nSPS) is 15.4. The topological polar surface area (TPSA) is 15.3 Å². The number of nitrogens with zero attached hydrogens (tertiary/aromatic N) is 1. The van der Waals surface area contributed by atoms with E-state index < -0.39 is 0 Å². The minimum absolute atomic E-state index is 0.645. The van der Waals surface area contributed by atoms with Crippen LogP contribution in [0.5, 0.6) is 0 Å². The van der Waals surface area contributed by atoms with Gasteiger partial charge in [0.2, 0.25) is 0 Å². The lowest BCUT2D eigenvalue weighted by molar-refractivity contribution is 0.397. The van der Waals surface area contributed by atoms with E-state index in [-0.39, 0.29) is 0 Å². The molecule has 0 atom stereocenters. The van der Waals surface area contributed by atoms with E-state index in [1.54, 1.807) is 6.07 Å². The molecule has 0 radical (unpaired) electrons. The zero-order chi connectivity index (χ0) is 17.6. The quantitative estimate of drug-likeness (QED) is 0.683. The summed E-state index contributed by atoms with van der Waals surface area (Å²) in [4.78, 5) is 2.31. The number of halogens is 2. The van der Waals surface area contributed by atoms with Crippen molar-refractivity contribution in [3.63, 3.8) is 0 Å². The molecule has 0 bridgehead atoms. The molecule has 2 nitrogen and oxygen atoms in total. The van der Waals surface area contributed by atoms with Gasteiger partial charge in [0.25, 0.3) is 0 Å². The molecule has 1 heterocycles. The van der Waals surface area contributed by atoms with Gasteiger partial charge in [0.1, 0.15) is 0 Å². The Kier molecular flexibility index (Phi) is 6.06. The highest BCUT2D eigenvalue weighted by Gasteiger charge is 2.18. The summed E-state index contributed by atoms with van der Waals surface area (Å²) in [5, 5.41) is 4.74. The van der Waals surface area contributed by atoms with Crippen LogP contribution in [0.15, 0.2) is 67.0 Å². The maximum Gasteiger partial charge on any atom is 0.0641 e. The number of piperidine rings is 1. The van der Waals surface area contributed by atoms with Crippen LogP contribution < -0.4 is 5.32 Å². The third-order valence-electron chi connectivity index (χ3n) is 4.39. The van der Waals surface area contributed by atoms with Gasteiger partial charge in [0, 0.05) is 35.0 Å². The van der Waals surface area contributed by atoms with Gasteiger partial charge in [0.05, 0.1) is 5.70 Å². The third kappa shape index (κ3) is 4.59. The van der Waals surface area contributed by atoms with Gasteiger partial charge < -0.3 is 10.2 Å². The van der Waals surface area contributed by atoms with Gasteiger partial charge in [0.15, 0.2) is 0 Å². The standard InChI is InChI=1S/C21H22Cl2N2/c1-16-7-5-6-12-25(16)21(17-8-3-2-4-9-17)15-24-14-18-10-11-19(22)13-20(18)23/h2-4,8-11,13,15,24H,1,5-7,12,14H2/b21-15-. The van der Waals surface area contributed by atoms with Gasteiger partial charge in [-0.2, -0.15) is 0 Å². The molecule has 1 N–H and O–H groups in total. The molecule has 0 aromatic heterocycles. The largest absolute Gasteiger partial charge is 0.385 e. The van der Waals surface area contributed by atoms with Crippen molar-refractivity contribution >= 4 is 28.9 Å². The van der Waals surface area contributed by atoms with Gasteiger partial charge in [-0.25, -0.2) is 0 Å². The van der Waals surface area contributed by atoms with Gasteiger partial charge in [-0.1, -0.05) is 66.2 Å². The fraction of sp³-hybridized carbons (Fsp3) is 0.238. The highest BCUT2D eigenvalue weighted by Crippen LogP contribution is 2.29. The summed E-state index contributed by atoms with van der Waals surface area (Å²) in [5.41, 5.74) is 4.52. The van der Waals surface area contributed by atoms with E-state index in [9.17, 15) is 0 Å². The number of hydrogen-bond donors (Lipinski definition) is 1. The van der Waals surface area contributed by atoms with E-state index >= 15 is 0 Å². The molecule has 2 aromatic carbocycles. The molecule has 1 aliphatic rings. The molecule has 0 unspecified atom stereocenters. The maximum atomic E-state index is 6.26. The van der Waals surface area contributed by atoms with Crippen molar-refractivity contribution in [3.8, 4) is 0 Å². The molecule has 1 aliphatic heterocycles. The summed E-state index contributed by atoms with van der Waals surface area (Å²) in [6.45, 7) is 5.90. The first-order chi connectivity index (χ1) is 12.1. The number of allylic oxidation sites excluding steroid dienone is 1. The monoisotopic (exact) mass is 372 g/mol. The molecule has 4 heteroatoms. The van der Waals surface area contributed by atoms with Crippen molar-refractivity contribution in [1.29, 1.82) is 0 Å². The lowest BCUT2D eigenvalue weighted by Gasteiger charge is -2.33. The van der Waals surface area contributed by atoms with E-state index in [1.165, 1.54) is 24.1 Å². The molecule has 1 fully saturated rings. The van der Waals surface area contributed by atoms with E-state index in [0.29, 0.717) is 16.6 Å². The first-order valence-corrected chi connectivity index (χ1v) is 9.29. The van der Waals surface area contributed by atoms with Crippen LogP contribution in [-0.4, -0.2) is 11.4 Å². The van der Waals surface area contributed by atoms with Gasteiger partial charge >= 0.3 is 0 Å². The van der Waals surface area contributed by atoms with Crippen LogP contribution in [0.3, 0.4) is 0 Å². The van der Waals surface area contributed by atoms with E-state index in [0.717, 1.165) is 24.2 Å². The van der Waals surface area contributed by atoms with Crippen LogP contribution in [0.4, 0.5) is 0 Å². The Balaban J connectivity index is 1.81. The van der Waals surface area contributed by atoms with Crippen LogP contribution in [0.25, 0.3) is 5.70 Å². The fourth-order valence-corrected chi connectivity index (χ4v) is 3.51. The number of rotatable bonds is 5. The first-order valence-electron chi connectivity index (χ1n) is 8.53. The molecule has 1 saturated heterocycles. The Labute approximate surface area is 159 Å². The molecule has 25 heavy (non-hydrogen) atoms. The highest BCUT2D eigenvalue weighted by molar-refractivity contribution is 6.35. The lowest BCUT2D eigenvalue weighted by atomic mass is 10.0. The molecule has 0 spiro atoms. The Morgan fingerprint density at radius 3 is 2.64 bits per heavy atom. The first kappa shape index (κ1) is 17.9. The molecule has 0 amide bonds. The molecule has 3 rings (SSSR count). The van der Waals surface area contributed by atoms with E-state index in [2.05, 4.69) is 47.3 Å². The van der Waals surface area contributed by atoms with Gasteiger partial charge in [-0.3, -0.25) is 0 Å². The Morgan fingerprint density at radius 2 is 1.92 bits per heavy atom. The van der Waals surface area contributed by atoms with Crippen LogP contribution in [0.2, 0.25) is 10.0 Å². The summed E-state index contributed by atoms with van der Waals surface area (Å²) >= 11 is 12.2. The summed E-state index contributed by atoms with van der Waals surface area (Å²) < 4.78 is 0. The van der Waals surface area contributed by atoms with Crippen molar-refractivity contribution in [3.05, 3.63) is 88.2 Å². The number of likely N-dealkylation sites (tertiary alicyclic amines) is 1. The highest BCUT2D eigenvalue weighted by atomic mass is 35.5. The zero-order valence-corrected chi connectivity index (χ0v) is 15.7. The minimum atomic E-state index is 0.645. The SMILES string of the molecule is C=C1CCCCN1/C(=C\NCc1ccc(Cl)cc1Cl)c1ccccc1. The van der Waals surface area contributed by atoms with Crippen molar-refractivity contribution < 1.29 is 0 Å². The van der Waals surface area contributed by atoms with Crippen LogP contribution >= 0.6 is 23.2 Å². The average Bonchev–Trinajstić information content (AvgIpc) is 2.62. The molecule has 0 saturated carbocycles. The Hall–Kier alpha value is -1.90. The van der Waals surface area contributed by atoms with E-state index in [1.807, 2.05) is 18.2 Å².